The van der Waals surface area contributed by atoms with Crippen molar-refractivity contribution in [2.75, 3.05) is 0 Å². The highest BCUT2D eigenvalue weighted by Gasteiger charge is 1.56. The van der Waals surface area contributed by atoms with Gasteiger partial charge in [0.05, 0.1) is 0 Å². The Bertz CT molecular complexity index is 83.1. The topological polar surface area (TPSA) is 17.1 Å². The van der Waals surface area contributed by atoms with Gasteiger partial charge in [-0.1, -0.05) is 52.7 Å². The smallest absolute Gasteiger partial charge is 0.119 e. The van der Waals surface area contributed by atoms with Crippen LogP contribution in [0.5, 0.6) is 0 Å². The first-order chi connectivity index (χ1) is 6.24. The molecule has 0 aliphatic carbocycles. The van der Waals surface area contributed by atoms with Gasteiger partial charge >= 0.3 is 0 Å². The largest absolute Gasteiger partial charge is 0.303 e. The molecular weight excluding hydrogens is 160 g/mol. The number of unbranched alkanes of at least 4 members (excludes halogenated alkanes) is 1. The summed E-state index contributed by atoms with van der Waals surface area (Å²) in [6.07, 6.45) is 9.50. The molecule has 80 valence electrons. The van der Waals surface area contributed by atoms with Gasteiger partial charge in [-0.05, 0) is 13.3 Å². The molecule has 0 amide bonds. The van der Waals surface area contributed by atoms with Crippen LogP contribution in [0.4, 0.5) is 0 Å². The highest BCUT2D eigenvalue weighted by molar-refractivity contribution is 5.48. The lowest BCUT2D eigenvalue weighted by Crippen LogP contribution is -1.55. The summed E-state index contributed by atoms with van der Waals surface area (Å²) in [5.41, 5.74) is 0. The lowest BCUT2D eigenvalue weighted by atomic mass is 10.4. The number of carbonyl (C=O) groups excluding carboxylic acids is 1. The Morgan fingerprint density at radius 2 is 1.31 bits per heavy atom. The second-order valence-corrected chi connectivity index (χ2v) is 2.55. The van der Waals surface area contributed by atoms with E-state index in [-0.39, 0.29) is 0 Å². The third-order valence-corrected chi connectivity index (χ3v) is 1.14. The zero-order chi connectivity index (χ0) is 10.9. The van der Waals surface area contributed by atoms with E-state index in [2.05, 4.69) is 32.9 Å². The molecular formula is C12H26O. The van der Waals surface area contributed by atoms with Crippen LogP contribution < -0.4 is 0 Å². The molecule has 0 spiro atoms. The number of aldehydes is 1. The van der Waals surface area contributed by atoms with E-state index in [1.807, 2.05) is 13.8 Å². The van der Waals surface area contributed by atoms with Crippen LogP contribution in [0.1, 0.15) is 60.3 Å². The molecule has 0 fully saturated rings. The molecule has 0 atom stereocenters. The predicted octanol–water partition coefficient (Wildman–Crippen LogP) is 4.37. The number of hydrogen-bond acceptors (Lipinski definition) is 1. The van der Waals surface area contributed by atoms with Gasteiger partial charge in [0.15, 0.2) is 0 Å². The Kier molecular flexibility index (Phi) is 42.2. The Morgan fingerprint density at radius 3 is 1.31 bits per heavy atom. The molecule has 13 heavy (non-hydrogen) atoms. The zero-order valence-electron chi connectivity index (χ0n) is 9.97. The maximum atomic E-state index is 9.17. The Morgan fingerprint density at radius 1 is 0.923 bits per heavy atom. The molecule has 0 aromatic rings. The minimum absolute atomic E-state index is 0.639. The third kappa shape index (κ3) is 86.9. The fraction of sp³-hybridized carbons (Fsp3) is 0.750. The van der Waals surface area contributed by atoms with Gasteiger partial charge in [-0.15, -0.1) is 0 Å². The quantitative estimate of drug-likeness (QED) is 0.472. The molecule has 0 bridgehead atoms. The van der Waals surface area contributed by atoms with E-state index < -0.39 is 0 Å². The monoisotopic (exact) mass is 186 g/mol. The Labute approximate surface area is 84.2 Å². The van der Waals surface area contributed by atoms with Crippen molar-refractivity contribution in [1.29, 1.82) is 0 Å². The molecule has 0 saturated carbocycles. The predicted molar refractivity (Wildman–Crippen MR) is 62.0 cm³/mol. The van der Waals surface area contributed by atoms with E-state index in [0.29, 0.717) is 6.42 Å². The molecule has 0 rings (SSSR count). The fourth-order valence-corrected chi connectivity index (χ4v) is 0.236. The van der Waals surface area contributed by atoms with Crippen molar-refractivity contribution in [3.05, 3.63) is 12.2 Å². The number of carbonyl (C=O) groups is 1. The van der Waals surface area contributed by atoms with Crippen molar-refractivity contribution < 1.29 is 4.79 Å². The van der Waals surface area contributed by atoms with Crippen LogP contribution >= 0.6 is 0 Å². The summed E-state index contributed by atoms with van der Waals surface area (Å²) in [5, 5.41) is 0. The molecule has 0 saturated heterocycles. The van der Waals surface area contributed by atoms with Crippen LogP contribution in [0.25, 0.3) is 0 Å². The van der Waals surface area contributed by atoms with Crippen molar-refractivity contribution in [2.24, 2.45) is 0 Å². The second-order valence-electron chi connectivity index (χ2n) is 2.55. The van der Waals surface area contributed by atoms with E-state index in [1.165, 1.54) is 12.8 Å². The standard InChI is InChI=1S/C5H10.C4H10.C3H6O/c1-3-5-4-2;1-3-4-2;1-2-3-4/h3,5H,4H2,1-2H3;3-4H2,1-2H3;3H,2H2,1H3/b5-3-;;. The molecule has 0 aromatic carbocycles. The fourth-order valence-electron chi connectivity index (χ4n) is 0.236. The van der Waals surface area contributed by atoms with Crippen molar-refractivity contribution in [1.82, 2.24) is 0 Å². The van der Waals surface area contributed by atoms with Gasteiger partial charge in [-0.2, -0.15) is 0 Å². The highest BCUT2D eigenvalue weighted by atomic mass is 16.1. The summed E-state index contributed by atoms with van der Waals surface area (Å²) in [7, 11) is 0. The van der Waals surface area contributed by atoms with E-state index in [1.54, 1.807) is 0 Å². The van der Waals surface area contributed by atoms with Crippen LogP contribution in [-0.4, -0.2) is 6.29 Å². The molecule has 0 radical (unpaired) electrons. The van der Waals surface area contributed by atoms with Gasteiger partial charge in [0.1, 0.15) is 6.29 Å². The van der Waals surface area contributed by atoms with Gasteiger partial charge in [0.2, 0.25) is 0 Å². The van der Waals surface area contributed by atoms with E-state index in [0.717, 1.165) is 12.7 Å². The minimum atomic E-state index is 0.639. The summed E-state index contributed by atoms with van der Waals surface area (Å²) >= 11 is 0. The molecule has 0 heterocycles. The second kappa shape index (κ2) is 30.1. The molecule has 0 aliphatic heterocycles. The van der Waals surface area contributed by atoms with E-state index >= 15 is 0 Å². The average molecular weight is 186 g/mol. The van der Waals surface area contributed by atoms with Gasteiger partial charge in [0.25, 0.3) is 0 Å². The first-order valence-electron chi connectivity index (χ1n) is 5.29. The van der Waals surface area contributed by atoms with Crippen molar-refractivity contribution in [3.63, 3.8) is 0 Å². The van der Waals surface area contributed by atoms with E-state index in [9.17, 15) is 4.79 Å². The molecule has 1 heteroatoms. The van der Waals surface area contributed by atoms with Crippen molar-refractivity contribution >= 4 is 6.29 Å². The molecule has 0 aromatic heterocycles. The number of rotatable bonds is 3. The lowest BCUT2D eigenvalue weighted by molar-refractivity contribution is -0.107. The molecule has 0 unspecified atom stereocenters. The molecule has 0 aliphatic rings. The highest BCUT2D eigenvalue weighted by Crippen LogP contribution is 1.76. The van der Waals surface area contributed by atoms with Crippen LogP contribution in [-0.2, 0) is 4.79 Å². The number of allylic oxidation sites excluding steroid dienone is 2. The summed E-state index contributed by atoms with van der Waals surface area (Å²) in [6, 6.07) is 0. The average Bonchev–Trinajstić information content (AvgIpc) is 2.20. The van der Waals surface area contributed by atoms with Crippen molar-refractivity contribution in [3.8, 4) is 0 Å². The van der Waals surface area contributed by atoms with Gasteiger partial charge in [-0.25, -0.2) is 0 Å². The van der Waals surface area contributed by atoms with E-state index in [4.69, 9.17) is 0 Å². The Hall–Kier alpha value is -0.590. The first-order valence-corrected chi connectivity index (χ1v) is 5.29. The van der Waals surface area contributed by atoms with Gasteiger partial charge < -0.3 is 4.79 Å². The van der Waals surface area contributed by atoms with Gasteiger partial charge in [-0.3, -0.25) is 0 Å². The van der Waals surface area contributed by atoms with Crippen LogP contribution in [0, 0.1) is 0 Å². The molecule has 0 N–H and O–H groups in total. The summed E-state index contributed by atoms with van der Waals surface area (Å²) in [5.74, 6) is 0. The van der Waals surface area contributed by atoms with Crippen molar-refractivity contribution in [2.45, 2.75) is 60.3 Å². The zero-order valence-corrected chi connectivity index (χ0v) is 9.97. The summed E-state index contributed by atoms with van der Waals surface area (Å²) < 4.78 is 0. The normalized spacial score (nSPS) is 8.08. The third-order valence-electron chi connectivity index (χ3n) is 1.14. The van der Waals surface area contributed by atoms with Gasteiger partial charge in [0, 0.05) is 6.42 Å². The SMILES string of the molecule is C/C=C\CC.CCC=O.CCCC. The molecule has 1 nitrogen and oxygen atoms in total. The Balaban J connectivity index is -0.000000117. The first kappa shape index (κ1) is 18.2. The lowest BCUT2D eigenvalue weighted by Gasteiger charge is -1.68. The minimum Gasteiger partial charge on any atom is -0.303 e. The number of hydrogen-bond donors (Lipinski definition) is 0. The maximum Gasteiger partial charge on any atom is 0.119 e. The van der Waals surface area contributed by atoms with Crippen LogP contribution in [0.3, 0.4) is 0 Å². The van der Waals surface area contributed by atoms with Crippen LogP contribution in [0.15, 0.2) is 12.2 Å². The summed E-state index contributed by atoms with van der Waals surface area (Å²) in [6.45, 7) is 10.3. The van der Waals surface area contributed by atoms with Crippen LogP contribution in [0.2, 0.25) is 0 Å². The summed E-state index contributed by atoms with van der Waals surface area (Å²) in [4.78, 5) is 9.17. The maximum absolute atomic E-state index is 9.17.